The molecule has 2 heterocycles. The van der Waals surface area contributed by atoms with E-state index >= 15 is 0 Å². The lowest BCUT2D eigenvalue weighted by atomic mass is 10.2. The van der Waals surface area contributed by atoms with Crippen molar-refractivity contribution >= 4 is 11.9 Å². The standard InChI is InChI=1S/C16H21NO5/c1-3-4-6-17-11(5-7-18)8-13(19)12(17)9-14-16(21)15(20)10(2)22-14/h8-9,18-20H,3-7H2,1-2H3/b14-9-. The van der Waals surface area contributed by atoms with Gasteiger partial charge in [0.25, 0.3) is 5.78 Å². The van der Waals surface area contributed by atoms with E-state index in [1.54, 1.807) is 6.07 Å². The maximum atomic E-state index is 11.9. The number of aromatic hydroxyl groups is 1. The molecule has 0 radical (unpaired) electrons. The second-order valence-electron chi connectivity index (χ2n) is 5.23. The molecule has 6 heteroatoms. The van der Waals surface area contributed by atoms with Crippen LogP contribution in [0.1, 0.15) is 38.1 Å². The van der Waals surface area contributed by atoms with Crippen LogP contribution in [0.15, 0.2) is 23.3 Å². The summed E-state index contributed by atoms with van der Waals surface area (Å²) in [5, 5.41) is 28.8. The minimum atomic E-state index is -0.594. The topological polar surface area (TPSA) is 91.9 Å². The van der Waals surface area contributed by atoms with Gasteiger partial charge in [0, 0.05) is 37.4 Å². The van der Waals surface area contributed by atoms with Gasteiger partial charge in [0.15, 0.2) is 5.76 Å². The number of carbonyl (C=O) groups excluding carboxylic acids is 1. The van der Waals surface area contributed by atoms with Crippen molar-refractivity contribution in [3.63, 3.8) is 0 Å². The molecule has 0 fully saturated rings. The Morgan fingerprint density at radius 2 is 2.09 bits per heavy atom. The third-order valence-electron chi connectivity index (χ3n) is 3.61. The van der Waals surface area contributed by atoms with Crippen molar-refractivity contribution in [1.29, 1.82) is 0 Å². The smallest absolute Gasteiger partial charge is 0.266 e. The van der Waals surface area contributed by atoms with Gasteiger partial charge in [0.1, 0.15) is 11.5 Å². The number of nitrogens with zero attached hydrogens (tertiary/aromatic N) is 1. The zero-order valence-electron chi connectivity index (χ0n) is 12.8. The zero-order valence-corrected chi connectivity index (χ0v) is 12.8. The minimum Gasteiger partial charge on any atom is -0.506 e. The van der Waals surface area contributed by atoms with E-state index in [9.17, 15) is 15.0 Å². The number of aliphatic hydroxyl groups excluding tert-OH is 2. The van der Waals surface area contributed by atoms with Gasteiger partial charge in [-0.2, -0.15) is 0 Å². The van der Waals surface area contributed by atoms with Crippen molar-refractivity contribution in [2.45, 2.75) is 39.7 Å². The summed E-state index contributed by atoms with van der Waals surface area (Å²) in [5.41, 5.74) is 1.24. The minimum absolute atomic E-state index is 0.0169. The van der Waals surface area contributed by atoms with E-state index in [4.69, 9.17) is 9.84 Å². The van der Waals surface area contributed by atoms with Gasteiger partial charge < -0.3 is 24.6 Å². The lowest BCUT2D eigenvalue weighted by Gasteiger charge is -2.11. The van der Waals surface area contributed by atoms with E-state index in [1.165, 1.54) is 13.0 Å². The van der Waals surface area contributed by atoms with Crippen molar-refractivity contribution in [2.75, 3.05) is 6.61 Å². The molecule has 0 bridgehead atoms. The summed E-state index contributed by atoms with van der Waals surface area (Å²) in [6.45, 7) is 4.20. The Labute approximate surface area is 129 Å². The molecule has 1 aliphatic heterocycles. The quantitative estimate of drug-likeness (QED) is 0.701. The van der Waals surface area contributed by atoms with Crippen LogP contribution in [0.5, 0.6) is 5.75 Å². The van der Waals surface area contributed by atoms with E-state index in [-0.39, 0.29) is 23.9 Å². The summed E-state index contributed by atoms with van der Waals surface area (Å²) in [6.07, 6.45) is 3.73. The number of ketones is 1. The number of ether oxygens (including phenoxy) is 1. The zero-order chi connectivity index (χ0) is 16.3. The van der Waals surface area contributed by atoms with Crippen LogP contribution < -0.4 is 0 Å². The summed E-state index contributed by atoms with van der Waals surface area (Å²) >= 11 is 0. The molecule has 0 atom stereocenters. The lowest BCUT2D eigenvalue weighted by molar-refractivity contribution is -0.115. The van der Waals surface area contributed by atoms with Crippen LogP contribution in [0.3, 0.4) is 0 Å². The van der Waals surface area contributed by atoms with E-state index in [2.05, 4.69) is 6.92 Å². The number of rotatable bonds is 6. The molecule has 0 aromatic carbocycles. The molecule has 0 spiro atoms. The van der Waals surface area contributed by atoms with Gasteiger partial charge in [-0.25, -0.2) is 0 Å². The number of allylic oxidation sites excluding steroid dienone is 1. The van der Waals surface area contributed by atoms with E-state index in [0.717, 1.165) is 18.5 Å². The van der Waals surface area contributed by atoms with E-state index in [1.807, 2.05) is 4.57 Å². The summed E-state index contributed by atoms with van der Waals surface area (Å²) in [7, 11) is 0. The molecule has 6 nitrogen and oxygen atoms in total. The molecule has 1 aromatic rings. The van der Waals surface area contributed by atoms with Crippen LogP contribution in [-0.2, 0) is 22.5 Å². The fraction of sp³-hybridized carbons (Fsp3) is 0.438. The fourth-order valence-corrected chi connectivity index (χ4v) is 2.41. The Hall–Kier alpha value is -2.21. The van der Waals surface area contributed by atoms with Crippen LogP contribution in [-0.4, -0.2) is 32.3 Å². The van der Waals surface area contributed by atoms with Crippen molar-refractivity contribution in [3.05, 3.63) is 34.7 Å². The Kier molecular flexibility index (Phi) is 4.92. The second kappa shape index (κ2) is 6.70. The first kappa shape index (κ1) is 16.2. The van der Waals surface area contributed by atoms with Gasteiger partial charge in [-0.3, -0.25) is 4.79 Å². The van der Waals surface area contributed by atoms with Crippen LogP contribution >= 0.6 is 0 Å². The Morgan fingerprint density at radius 1 is 1.36 bits per heavy atom. The number of hydrogen-bond acceptors (Lipinski definition) is 5. The predicted molar refractivity (Wildman–Crippen MR) is 81.2 cm³/mol. The van der Waals surface area contributed by atoms with E-state index < -0.39 is 11.5 Å². The van der Waals surface area contributed by atoms with Crippen molar-refractivity contribution in [2.24, 2.45) is 0 Å². The van der Waals surface area contributed by atoms with Crippen LogP contribution in [0.2, 0.25) is 0 Å². The van der Waals surface area contributed by atoms with Gasteiger partial charge in [-0.05, 0) is 13.3 Å². The SMILES string of the molecule is CCCCn1c(CCO)cc(O)c1/C=C1\OC(C)=C(O)C1=O. The number of aliphatic hydroxyl groups is 2. The molecule has 0 unspecified atom stereocenters. The Bertz CT molecular complexity index is 639. The predicted octanol–water partition coefficient (Wildman–Crippen LogP) is 2.26. The molecule has 3 N–H and O–H groups in total. The molecule has 0 amide bonds. The summed E-state index contributed by atoms with van der Waals surface area (Å²) in [6, 6.07) is 1.58. The van der Waals surface area contributed by atoms with Gasteiger partial charge in [-0.1, -0.05) is 13.3 Å². The van der Waals surface area contributed by atoms with Crippen molar-refractivity contribution in [1.82, 2.24) is 4.57 Å². The molecular weight excluding hydrogens is 286 g/mol. The summed E-state index contributed by atoms with van der Waals surface area (Å²) < 4.78 is 7.11. The Balaban J connectivity index is 2.40. The van der Waals surface area contributed by atoms with Gasteiger partial charge in [0.2, 0.25) is 5.76 Å². The summed E-state index contributed by atoms with van der Waals surface area (Å²) in [4.78, 5) is 11.9. The highest BCUT2D eigenvalue weighted by Crippen LogP contribution is 2.30. The molecule has 0 aliphatic carbocycles. The number of carbonyl (C=O) groups is 1. The highest BCUT2D eigenvalue weighted by molar-refractivity contribution is 6.10. The monoisotopic (exact) mass is 307 g/mol. The average Bonchev–Trinajstić information content (AvgIpc) is 2.90. The van der Waals surface area contributed by atoms with Crippen molar-refractivity contribution < 1.29 is 24.9 Å². The normalized spacial score (nSPS) is 16.7. The second-order valence-corrected chi connectivity index (χ2v) is 5.23. The lowest BCUT2D eigenvalue weighted by Crippen LogP contribution is -2.07. The van der Waals surface area contributed by atoms with Gasteiger partial charge in [0.05, 0.1) is 5.69 Å². The number of hydrogen-bond donors (Lipinski definition) is 3. The third-order valence-corrected chi connectivity index (χ3v) is 3.61. The maximum absolute atomic E-state index is 11.9. The molecule has 1 aliphatic rings. The molecular formula is C16H21NO5. The van der Waals surface area contributed by atoms with Crippen molar-refractivity contribution in [3.8, 4) is 5.75 Å². The number of aromatic nitrogens is 1. The highest BCUT2D eigenvalue weighted by Gasteiger charge is 2.28. The van der Waals surface area contributed by atoms with Gasteiger partial charge in [-0.15, -0.1) is 0 Å². The molecule has 0 saturated heterocycles. The van der Waals surface area contributed by atoms with Crippen LogP contribution in [0.4, 0.5) is 0 Å². The number of unbranched alkanes of at least 4 members (excludes halogenated alkanes) is 1. The van der Waals surface area contributed by atoms with E-state index in [0.29, 0.717) is 18.7 Å². The Morgan fingerprint density at radius 3 is 2.64 bits per heavy atom. The number of Topliss-reactive ketones (excluding diaryl/α,β-unsaturated/α-hetero) is 1. The first-order valence-corrected chi connectivity index (χ1v) is 7.35. The van der Waals surface area contributed by atoms with Crippen LogP contribution in [0, 0.1) is 0 Å². The fourth-order valence-electron chi connectivity index (χ4n) is 2.41. The van der Waals surface area contributed by atoms with Gasteiger partial charge >= 0.3 is 0 Å². The molecule has 2 rings (SSSR count). The maximum Gasteiger partial charge on any atom is 0.266 e. The molecule has 1 aromatic heterocycles. The summed E-state index contributed by atoms with van der Waals surface area (Å²) in [5.74, 6) is -0.848. The molecule has 22 heavy (non-hydrogen) atoms. The molecule has 0 saturated carbocycles. The first-order valence-electron chi connectivity index (χ1n) is 7.35. The largest absolute Gasteiger partial charge is 0.506 e. The third kappa shape index (κ3) is 3.01. The molecule has 120 valence electrons. The van der Waals surface area contributed by atoms with Crippen LogP contribution in [0.25, 0.3) is 6.08 Å². The highest BCUT2D eigenvalue weighted by atomic mass is 16.5. The average molecular weight is 307 g/mol. The first-order chi connectivity index (χ1) is 10.5.